The van der Waals surface area contributed by atoms with E-state index in [1.54, 1.807) is 6.92 Å². The van der Waals surface area contributed by atoms with E-state index in [9.17, 15) is 19.8 Å². The molecule has 32 heavy (non-hydrogen) atoms. The Morgan fingerprint density at radius 3 is 2.25 bits per heavy atom. The normalized spacial score (nSPS) is 11.6. The molecule has 1 atom stereocenters. The molecule has 3 aromatic rings. The molecule has 4 N–H and O–H groups in total. The predicted molar refractivity (Wildman–Crippen MR) is 127 cm³/mol. The molecule has 6 nitrogen and oxygen atoms in total. The zero-order valence-corrected chi connectivity index (χ0v) is 18.0. The molecule has 6 heteroatoms. The predicted octanol–water partition coefficient (Wildman–Crippen LogP) is 5.33. The number of carbonyl (C=O) groups excluding carboxylic acids is 1. The van der Waals surface area contributed by atoms with Crippen LogP contribution in [0, 0.1) is 0 Å². The summed E-state index contributed by atoms with van der Waals surface area (Å²) in [7, 11) is 0. The van der Waals surface area contributed by atoms with Gasteiger partial charge in [-0.3, -0.25) is 10.1 Å². The number of aryl methyl sites for hydroxylation is 1. The van der Waals surface area contributed by atoms with Gasteiger partial charge in [0, 0.05) is 17.7 Å². The lowest BCUT2D eigenvalue weighted by Gasteiger charge is -2.12. The lowest BCUT2D eigenvalue weighted by Crippen LogP contribution is -2.12. The molecule has 0 fully saturated rings. The summed E-state index contributed by atoms with van der Waals surface area (Å²) in [6.45, 7) is 1.74. The summed E-state index contributed by atoms with van der Waals surface area (Å²) in [6.07, 6.45) is 0.725. The second-order valence-corrected chi connectivity index (χ2v) is 7.83. The van der Waals surface area contributed by atoms with Gasteiger partial charge in [-0.15, -0.1) is 0 Å². The first-order valence-corrected chi connectivity index (χ1v) is 10.7. The highest BCUT2D eigenvalue weighted by atomic mass is 16.4. The Labute approximate surface area is 187 Å². The molecule has 0 radical (unpaired) electrons. The number of aliphatic hydroxyl groups is 1. The number of carbonyl (C=O) groups is 2. The van der Waals surface area contributed by atoms with Crippen molar-refractivity contribution in [1.82, 2.24) is 0 Å². The van der Waals surface area contributed by atoms with Gasteiger partial charge >= 0.3 is 6.09 Å². The maximum absolute atomic E-state index is 12.3. The molecule has 166 valence electrons. The first-order chi connectivity index (χ1) is 15.4. The smallest absolute Gasteiger partial charge is 0.409 e. The molecule has 0 saturated heterocycles. The van der Waals surface area contributed by atoms with Crippen LogP contribution >= 0.6 is 0 Å². The van der Waals surface area contributed by atoms with Gasteiger partial charge in [-0.25, -0.2) is 4.79 Å². The van der Waals surface area contributed by atoms with Crippen LogP contribution in [0.2, 0.25) is 0 Å². The summed E-state index contributed by atoms with van der Waals surface area (Å²) in [5, 5.41) is 24.0. The Hall–Kier alpha value is -3.64. The van der Waals surface area contributed by atoms with E-state index >= 15 is 0 Å². The first-order valence-electron chi connectivity index (χ1n) is 10.7. The van der Waals surface area contributed by atoms with Gasteiger partial charge in [-0.2, -0.15) is 0 Å². The molecule has 1 unspecified atom stereocenters. The quantitative estimate of drug-likeness (QED) is 0.367. The summed E-state index contributed by atoms with van der Waals surface area (Å²) in [5.41, 5.74) is 4.98. The number of nitrogens with one attached hydrogen (secondary N) is 2. The van der Waals surface area contributed by atoms with E-state index in [2.05, 4.69) is 10.6 Å². The van der Waals surface area contributed by atoms with Crippen LogP contribution in [0.5, 0.6) is 0 Å². The van der Waals surface area contributed by atoms with Crippen molar-refractivity contribution in [2.24, 2.45) is 0 Å². The molecule has 0 aliphatic rings. The zero-order valence-electron chi connectivity index (χ0n) is 18.0. The number of aliphatic hydroxyl groups excluding tert-OH is 1. The SMILES string of the molecule is CC(O)Cc1ccc(NC(=O)CCCc2ccc(-c3ccccc3)c(NC(=O)O)c2)cc1. The largest absolute Gasteiger partial charge is 0.465 e. The van der Waals surface area contributed by atoms with Crippen molar-refractivity contribution in [3.63, 3.8) is 0 Å². The molecular formula is C26H28N2O4. The average molecular weight is 433 g/mol. The van der Waals surface area contributed by atoms with E-state index < -0.39 is 12.2 Å². The number of rotatable bonds is 9. The maximum Gasteiger partial charge on any atom is 0.409 e. The van der Waals surface area contributed by atoms with Crippen LogP contribution in [0.15, 0.2) is 72.8 Å². The fourth-order valence-electron chi connectivity index (χ4n) is 3.58. The molecule has 2 amide bonds. The summed E-state index contributed by atoms with van der Waals surface area (Å²) in [4.78, 5) is 23.5. The fraction of sp³-hybridized carbons (Fsp3) is 0.231. The molecule has 0 bridgehead atoms. The molecule has 3 aromatic carbocycles. The van der Waals surface area contributed by atoms with Crippen molar-refractivity contribution >= 4 is 23.4 Å². The first kappa shape index (κ1) is 23.0. The lowest BCUT2D eigenvalue weighted by atomic mass is 9.99. The second-order valence-electron chi connectivity index (χ2n) is 7.83. The van der Waals surface area contributed by atoms with Gasteiger partial charge in [-0.1, -0.05) is 54.6 Å². The zero-order chi connectivity index (χ0) is 22.9. The number of hydrogen-bond donors (Lipinski definition) is 4. The van der Waals surface area contributed by atoms with E-state index in [-0.39, 0.29) is 5.91 Å². The van der Waals surface area contributed by atoms with Crippen LogP contribution in [0.3, 0.4) is 0 Å². The molecule has 3 rings (SSSR count). The number of carboxylic acid groups (broad SMARTS) is 1. The van der Waals surface area contributed by atoms with E-state index in [0.717, 1.165) is 27.9 Å². The van der Waals surface area contributed by atoms with Crippen LogP contribution in [0.25, 0.3) is 11.1 Å². The standard InChI is InChI=1S/C26H28N2O4/c1-18(29)16-20-10-13-22(14-11-20)27-25(30)9-5-6-19-12-15-23(21-7-3-2-4-8-21)24(17-19)28-26(31)32/h2-4,7-8,10-15,17-18,28-29H,5-6,9,16H2,1H3,(H,27,30)(H,31,32). The Bertz CT molecular complexity index is 1050. The summed E-state index contributed by atoms with van der Waals surface area (Å²) < 4.78 is 0. The Morgan fingerprint density at radius 2 is 1.59 bits per heavy atom. The Balaban J connectivity index is 1.57. The molecule has 0 aliphatic heterocycles. The molecular weight excluding hydrogens is 404 g/mol. The number of benzene rings is 3. The van der Waals surface area contributed by atoms with Crippen molar-refractivity contribution in [2.75, 3.05) is 10.6 Å². The maximum atomic E-state index is 12.3. The number of hydrogen-bond acceptors (Lipinski definition) is 3. The van der Waals surface area contributed by atoms with Crippen LogP contribution in [-0.4, -0.2) is 28.3 Å². The summed E-state index contributed by atoms with van der Waals surface area (Å²) >= 11 is 0. The highest BCUT2D eigenvalue weighted by Gasteiger charge is 2.10. The van der Waals surface area contributed by atoms with Gasteiger partial charge in [0.2, 0.25) is 5.91 Å². The van der Waals surface area contributed by atoms with Crippen molar-refractivity contribution in [2.45, 2.75) is 38.7 Å². The Morgan fingerprint density at radius 1 is 0.906 bits per heavy atom. The van der Waals surface area contributed by atoms with Gasteiger partial charge in [-0.05, 0) is 61.1 Å². The molecule has 0 spiro atoms. The third-order valence-corrected chi connectivity index (χ3v) is 5.05. The van der Waals surface area contributed by atoms with Crippen LogP contribution in [-0.2, 0) is 17.6 Å². The van der Waals surface area contributed by atoms with Crippen molar-refractivity contribution in [1.29, 1.82) is 0 Å². The van der Waals surface area contributed by atoms with Gasteiger partial charge in [0.15, 0.2) is 0 Å². The molecule has 0 heterocycles. The van der Waals surface area contributed by atoms with Gasteiger partial charge < -0.3 is 15.5 Å². The van der Waals surface area contributed by atoms with Crippen molar-refractivity contribution in [3.05, 3.63) is 83.9 Å². The minimum absolute atomic E-state index is 0.0712. The van der Waals surface area contributed by atoms with E-state index in [1.807, 2.05) is 72.8 Å². The van der Waals surface area contributed by atoms with Crippen LogP contribution in [0.1, 0.15) is 30.9 Å². The van der Waals surface area contributed by atoms with Gasteiger partial charge in [0.1, 0.15) is 0 Å². The molecule has 0 saturated carbocycles. The fourth-order valence-corrected chi connectivity index (χ4v) is 3.58. The topological polar surface area (TPSA) is 98.7 Å². The van der Waals surface area contributed by atoms with Crippen molar-refractivity contribution < 1.29 is 19.8 Å². The Kier molecular flexibility index (Phi) is 8.00. The third kappa shape index (κ3) is 6.96. The second kappa shape index (κ2) is 11.1. The summed E-state index contributed by atoms with van der Waals surface area (Å²) in [6, 6.07) is 22.8. The third-order valence-electron chi connectivity index (χ3n) is 5.05. The lowest BCUT2D eigenvalue weighted by molar-refractivity contribution is -0.116. The summed E-state index contributed by atoms with van der Waals surface area (Å²) in [5.74, 6) is -0.0712. The van der Waals surface area contributed by atoms with E-state index in [4.69, 9.17) is 0 Å². The minimum Gasteiger partial charge on any atom is -0.465 e. The number of anilines is 2. The molecule has 0 aliphatic carbocycles. The monoisotopic (exact) mass is 432 g/mol. The van der Waals surface area contributed by atoms with E-state index in [1.165, 1.54) is 0 Å². The minimum atomic E-state index is -1.11. The highest BCUT2D eigenvalue weighted by Crippen LogP contribution is 2.29. The van der Waals surface area contributed by atoms with Gasteiger partial charge in [0.05, 0.1) is 11.8 Å². The highest BCUT2D eigenvalue weighted by molar-refractivity contribution is 5.91. The molecule has 0 aromatic heterocycles. The van der Waals surface area contributed by atoms with Crippen LogP contribution in [0.4, 0.5) is 16.2 Å². The average Bonchev–Trinajstić information content (AvgIpc) is 2.75. The van der Waals surface area contributed by atoms with Gasteiger partial charge in [0.25, 0.3) is 0 Å². The number of amides is 2. The van der Waals surface area contributed by atoms with E-state index in [0.29, 0.717) is 31.4 Å². The van der Waals surface area contributed by atoms with Crippen molar-refractivity contribution in [3.8, 4) is 11.1 Å². The van der Waals surface area contributed by atoms with Crippen LogP contribution < -0.4 is 10.6 Å².